The Hall–Kier alpha value is -1.56. The van der Waals surface area contributed by atoms with E-state index in [9.17, 15) is 0 Å². The Morgan fingerprint density at radius 1 is 0.741 bits per heavy atom. The summed E-state index contributed by atoms with van der Waals surface area (Å²) in [6, 6.07) is 0. The predicted octanol–water partition coefficient (Wildman–Crippen LogP) is 7.63. The van der Waals surface area contributed by atoms with E-state index in [-0.39, 0.29) is 16.2 Å². The number of allylic oxidation sites excluding steroid dienone is 12. The molecular weight excluding hydrogens is 324 g/mol. The van der Waals surface area contributed by atoms with Gasteiger partial charge in [-0.15, -0.1) is 0 Å². The van der Waals surface area contributed by atoms with Gasteiger partial charge in [0.2, 0.25) is 0 Å². The maximum absolute atomic E-state index is 2.65. The standard InChI is InChI=1S/C27H34/c1-25(2)21-13-9-7-11-17(21)19-16-24-20(15-23(19)25)18-12-8-10-14-22(18)26(3,4)27(24,5)6/h9-10,13-15,24H,7-8,11-12,16H2,1-6H3. The van der Waals surface area contributed by atoms with Crippen molar-refractivity contribution in [2.24, 2.45) is 22.2 Å². The van der Waals surface area contributed by atoms with Crippen LogP contribution in [0.15, 0.2) is 69.4 Å². The Morgan fingerprint density at radius 3 is 2.07 bits per heavy atom. The van der Waals surface area contributed by atoms with Crippen molar-refractivity contribution in [1.82, 2.24) is 0 Å². The van der Waals surface area contributed by atoms with E-state index in [2.05, 4.69) is 71.9 Å². The largest absolute Gasteiger partial charge is 0.0839 e. The molecule has 0 spiro atoms. The van der Waals surface area contributed by atoms with Gasteiger partial charge in [0.1, 0.15) is 0 Å². The summed E-state index contributed by atoms with van der Waals surface area (Å²) < 4.78 is 0. The smallest absolute Gasteiger partial charge is 0.0152 e. The molecule has 0 aromatic carbocycles. The summed E-state index contributed by atoms with van der Waals surface area (Å²) in [5.41, 5.74) is 12.2. The van der Waals surface area contributed by atoms with Crippen molar-refractivity contribution in [3.63, 3.8) is 0 Å². The highest BCUT2D eigenvalue weighted by atomic mass is 14.6. The second-order valence-corrected chi connectivity index (χ2v) is 10.9. The number of fused-ring (bicyclic) bond motifs is 3. The van der Waals surface area contributed by atoms with Gasteiger partial charge in [0.25, 0.3) is 0 Å². The van der Waals surface area contributed by atoms with E-state index < -0.39 is 0 Å². The Balaban J connectivity index is 1.74. The summed E-state index contributed by atoms with van der Waals surface area (Å²) >= 11 is 0. The van der Waals surface area contributed by atoms with Crippen LogP contribution in [-0.2, 0) is 0 Å². The van der Waals surface area contributed by atoms with Crippen LogP contribution in [-0.4, -0.2) is 0 Å². The SMILES string of the molecule is CC1(C)C2=C(CCC=C2)C2=C1C=C1C3=C(C=CCC3)C(C)(C)C(C)(C)C1C2. The quantitative estimate of drug-likeness (QED) is 0.417. The third-order valence-electron chi connectivity index (χ3n) is 8.96. The minimum absolute atomic E-state index is 0.169. The average molecular weight is 359 g/mol. The van der Waals surface area contributed by atoms with Gasteiger partial charge in [-0.25, -0.2) is 0 Å². The van der Waals surface area contributed by atoms with Crippen LogP contribution in [0.25, 0.3) is 0 Å². The molecular formula is C27H34. The van der Waals surface area contributed by atoms with Crippen LogP contribution in [0.1, 0.15) is 73.6 Å². The van der Waals surface area contributed by atoms with E-state index in [1.165, 1.54) is 32.1 Å². The van der Waals surface area contributed by atoms with E-state index in [0.29, 0.717) is 5.92 Å². The molecule has 1 unspecified atom stereocenters. The molecule has 0 aromatic heterocycles. The second kappa shape index (κ2) is 5.28. The number of hydrogen-bond donors (Lipinski definition) is 0. The molecule has 0 amide bonds. The van der Waals surface area contributed by atoms with Crippen LogP contribution < -0.4 is 0 Å². The van der Waals surface area contributed by atoms with Crippen molar-refractivity contribution in [1.29, 1.82) is 0 Å². The molecule has 5 aliphatic rings. The minimum Gasteiger partial charge on any atom is -0.0839 e. The monoisotopic (exact) mass is 358 g/mol. The molecule has 0 aliphatic heterocycles. The molecule has 0 heteroatoms. The van der Waals surface area contributed by atoms with E-state index in [1.54, 1.807) is 39.0 Å². The zero-order valence-corrected chi connectivity index (χ0v) is 18.0. The predicted molar refractivity (Wildman–Crippen MR) is 115 cm³/mol. The molecule has 142 valence electrons. The molecule has 0 saturated heterocycles. The maximum Gasteiger partial charge on any atom is 0.0152 e. The van der Waals surface area contributed by atoms with Gasteiger partial charge in [-0.3, -0.25) is 0 Å². The third-order valence-corrected chi connectivity index (χ3v) is 8.96. The van der Waals surface area contributed by atoms with Gasteiger partial charge in [-0.05, 0) is 87.9 Å². The van der Waals surface area contributed by atoms with Gasteiger partial charge in [-0.2, -0.15) is 0 Å². The van der Waals surface area contributed by atoms with Crippen LogP contribution in [0.3, 0.4) is 0 Å². The minimum atomic E-state index is 0.169. The van der Waals surface area contributed by atoms with Crippen LogP contribution >= 0.6 is 0 Å². The average Bonchev–Trinajstić information content (AvgIpc) is 2.87. The Kier molecular flexibility index (Phi) is 3.43. The fourth-order valence-electron chi connectivity index (χ4n) is 6.59. The zero-order chi connectivity index (χ0) is 19.2. The number of hydrogen-bond acceptors (Lipinski definition) is 0. The molecule has 0 bridgehead atoms. The van der Waals surface area contributed by atoms with Gasteiger partial charge in [0.05, 0.1) is 0 Å². The summed E-state index contributed by atoms with van der Waals surface area (Å²) in [5, 5.41) is 0. The molecule has 0 fully saturated rings. The van der Waals surface area contributed by atoms with Crippen molar-refractivity contribution in [3.05, 3.63) is 69.4 Å². The highest BCUT2D eigenvalue weighted by molar-refractivity contribution is 5.66. The first-order valence-corrected chi connectivity index (χ1v) is 10.9. The van der Waals surface area contributed by atoms with E-state index in [1.807, 2.05) is 0 Å². The molecule has 0 radical (unpaired) electrons. The van der Waals surface area contributed by atoms with Crippen molar-refractivity contribution in [3.8, 4) is 0 Å². The summed E-state index contributed by atoms with van der Waals surface area (Å²) in [4.78, 5) is 0. The van der Waals surface area contributed by atoms with Crippen molar-refractivity contribution < 1.29 is 0 Å². The lowest BCUT2D eigenvalue weighted by atomic mass is 9.48. The van der Waals surface area contributed by atoms with Crippen molar-refractivity contribution >= 4 is 0 Å². The molecule has 0 heterocycles. The Labute approximate surface area is 165 Å². The molecule has 0 nitrogen and oxygen atoms in total. The van der Waals surface area contributed by atoms with Gasteiger partial charge in [-0.1, -0.05) is 71.9 Å². The summed E-state index contributed by atoms with van der Waals surface area (Å²) in [7, 11) is 0. The van der Waals surface area contributed by atoms with Crippen LogP contribution in [0.4, 0.5) is 0 Å². The topological polar surface area (TPSA) is 0 Å². The lowest BCUT2D eigenvalue weighted by Crippen LogP contribution is -2.46. The summed E-state index contributed by atoms with van der Waals surface area (Å²) in [5.74, 6) is 0.644. The first-order valence-electron chi connectivity index (χ1n) is 10.9. The van der Waals surface area contributed by atoms with E-state index >= 15 is 0 Å². The highest BCUT2D eigenvalue weighted by Crippen LogP contribution is 2.65. The third kappa shape index (κ3) is 2.05. The summed E-state index contributed by atoms with van der Waals surface area (Å²) in [6.07, 6.45) is 18.4. The van der Waals surface area contributed by atoms with Gasteiger partial charge in [0.15, 0.2) is 0 Å². The fourth-order valence-corrected chi connectivity index (χ4v) is 6.59. The van der Waals surface area contributed by atoms with Crippen LogP contribution in [0, 0.1) is 22.2 Å². The highest BCUT2D eigenvalue weighted by Gasteiger charge is 2.53. The van der Waals surface area contributed by atoms with Gasteiger partial charge in [0, 0.05) is 5.41 Å². The molecule has 0 N–H and O–H groups in total. The molecule has 1 atom stereocenters. The van der Waals surface area contributed by atoms with E-state index in [0.717, 1.165) is 0 Å². The van der Waals surface area contributed by atoms with Gasteiger partial charge >= 0.3 is 0 Å². The summed E-state index contributed by atoms with van der Waals surface area (Å²) in [6.45, 7) is 14.9. The molecule has 5 aliphatic carbocycles. The van der Waals surface area contributed by atoms with Crippen LogP contribution in [0.5, 0.6) is 0 Å². The van der Waals surface area contributed by atoms with E-state index in [4.69, 9.17) is 0 Å². The Bertz CT molecular complexity index is 915. The van der Waals surface area contributed by atoms with Crippen molar-refractivity contribution in [2.75, 3.05) is 0 Å². The maximum atomic E-state index is 2.65. The first-order chi connectivity index (χ1) is 12.7. The zero-order valence-electron chi connectivity index (χ0n) is 18.0. The molecule has 5 rings (SSSR count). The molecule has 0 saturated carbocycles. The van der Waals surface area contributed by atoms with Gasteiger partial charge < -0.3 is 0 Å². The van der Waals surface area contributed by atoms with Crippen molar-refractivity contribution in [2.45, 2.75) is 73.6 Å². The van der Waals surface area contributed by atoms with Crippen LogP contribution in [0.2, 0.25) is 0 Å². The first kappa shape index (κ1) is 17.5. The fraction of sp³-hybridized carbons (Fsp3) is 0.556. The lowest BCUT2D eigenvalue weighted by molar-refractivity contribution is 0.0794. The molecule has 27 heavy (non-hydrogen) atoms. The number of rotatable bonds is 0. The molecule has 0 aromatic rings. The lowest BCUT2D eigenvalue weighted by Gasteiger charge is -2.55. The Morgan fingerprint density at radius 2 is 1.37 bits per heavy atom. The second-order valence-electron chi connectivity index (χ2n) is 10.9. The normalized spacial score (nSPS) is 32.1.